The molecule has 7 nitrogen and oxygen atoms in total. The number of nitrogens with one attached hydrogen (secondary N) is 2. The molecule has 0 aliphatic heterocycles. The molecule has 0 fully saturated rings. The summed E-state index contributed by atoms with van der Waals surface area (Å²) < 4.78 is 7.14. The molecule has 0 saturated heterocycles. The molecule has 0 bridgehead atoms. The zero-order valence-corrected chi connectivity index (χ0v) is 15.3. The number of aryl methyl sites for hydroxylation is 1. The highest BCUT2D eigenvalue weighted by molar-refractivity contribution is 6.02. The molecule has 0 radical (unpaired) electrons. The summed E-state index contributed by atoms with van der Waals surface area (Å²) >= 11 is 0. The second-order valence-corrected chi connectivity index (χ2v) is 6.68. The third-order valence-electron chi connectivity index (χ3n) is 4.99. The molecule has 0 amide bonds. The van der Waals surface area contributed by atoms with Crippen LogP contribution in [0.5, 0.6) is 5.88 Å². The Labute approximate surface area is 161 Å². The number of imidazole rings is 1. The van der Waals surface area contributed by atoms with Gasteiger partial charge in [-0.05, 0) is 42.2 Å². The van der Waals surface area contributed by atoms with Gasteiger partial charge >= 0.3 is 0 Å². The standard InChI is InChI=1S/C21H18N6O/c1-28-19-7-3-14(11-24-19)20-21(27-9-8-23-12-18(27)26-20)25-15-4-5-16-13(10-15)2-6-17(16)22/h3-5,7-12,22,25H,2,6H2,1H3. The number of nitrogens with zero attached hydrogens (tertiary/aromatic N) is 4. The largest absolute Gasteiger partial charge is 0.481 e. The first-order valence-electron chi connectivity index (χ1n) is 9.03. The van der Waals surface area contributed by atoms with Gasteiger partial charge in [-0.3, -0.25) is 9.38 Å². The van der Waals surface area contributed by atoms with Crippen LogP contribution in [0.2, 0.25) is 0 Å². The molecule has 1 aliphatic rings. The summed E-state index contributed by atoms with van der Waals surface area (Å²) in [6.07, 6.45) is 8.83. The number of methoxy groups -OCH3 is 1. The van der Waals surface area contributed by atoms with E-state index in [1.807, 2.05) is 34.9 Å². The van der Waals surface area contributed by atoms with E-state index in [0.717, 1.165) is 46.8 Å². The van der Waals surface area contributed by atoms with Gasteiger partial charge in [0.2, 0.25) is 5.88 Å². The Morgan fingerprint density at radius 3 is 2.89 bits per heavy atom. The van der Waals surface area contributed by atoms with Gasteiger partial charge in [0.1, 0.15) is 11.5 Å². The molecule has 0 saturated carbocycles. The van der Waals surface area contributed by atoms with Crippen molar-refractivity contribution in [1.82, 2.24) is 19.4 Å². The van der Waals surface area contributed by atoms with Crippen molar-refractivity contribution >= 4 is 22.9 Å². The maximum atomic E-state index is 8.03. The quantitative estimate of drug-likeness (QED) is 0.569. The van der Waals surface area contributed by atoms with Crippen molar-refractivity contribution in [3.8, 4) is 17.1 Å². The lowest BCUT2D eigenvalue weighted by atomic mass is 10.1. The fraction of sp³-hybridized carbons (Fsp3) is 0.143. The summed E-state index contributed by atoms with van der Waals surface area (Å²) in [4.78, 5) is 13.2. The van der Waals surface area contributed by atoms with Crippen LogP contribution in [-0.2, 0) is 6.42 Å². The lowest BCUT2D eigenvalue weighted by molar-refractivity contribution is 0.398. The number of benzene rings is 1. The van der Waals surface area contributed by atoms with Crippen LogP contribution in [0.25, 0.3) is 16.9 Å². The van der Waals surface area contributed by atoms with Gasteiger partial charge in [-0.1, -0.05) is 6.07 Å². The summed E-state index contributed by atoms with van der Waals surface area (Å²) in [5.41, 5.74) is 6.36. The molecular weight excluding hydrogens is 352 g/mol. The molecule has 5 rings (SSSR count). The van der Waals surface area contributed by atoms with Crippen LogP contribution in [0.15, 0.2) is 55.1 Å². The van der Waals surface area contributed by atoms with Crippen LogP contribution >= 0.6 is 0 Å². The topological polar surface area (TPSA) is 88.2 Å². The number of ether oxygens (including phenoxy) is 1. The highest BCUT2D eigenvalue weighted by Gasteiger charge is 2.18. The Bertz CT molecular complexity index is 1200. The number of hydrogen-bond donors (Lipinski definition) is 2. The van der Waals surface area contributed by atoms with E-state index < -0.39 is 0 Å². The predicted molar refractivity (Wildman–Crippen MR) is 108 cm³/mol. The molecule has 1 aromatic carbocycles. The average Bonchev–Trinajstić information content (AvgIpc) is 3.29. The van der Waals surface area contributed by atoms with Crippen molar-refractivity contribution in [2.24, 2.45) is 0 Å². The molecule has 28 heavy (non-hydrogen) atoms. The number of fused-ring (bicyclic) bond motifs is 2. The van der Waals surface area contributed by atoms with E-state index in [9.17, 15) is 0 Å². The molecule has 3 aromatic heterocycles. The summed E-state index contributed by atoms with van der Waals surface area (Å²) in [7, 11) is 1.60. The van der Waals surface area contributed by atoms with Gasteiger partial charge in [-0.2, -0.15) is 0 Å². The molecule has 0 unspecified atom stereocenters. The Morgan fingerprint density at radius 2 is 2.07 bits per heavy atom. The van der Waals surface area contributed by atoms with Crippen molar-refractivity contribution in [3.63, 3.8) is 0 Å². The minimum absolute atomic E-state index is 0.560. The van der Waals surface area contributed by atoms with E-state index in [1.54, 1.807) is 25.7 Å². The lowest BCUT2D eigenvalue weighted by Crippen LogP contribution is -1.99. The fourth-order valence-corrected chi connectivity index (χ4v) is 3.57. The molecule has 4 aromatic rings. The zero-order valence-electron chi connectivity index (χ0n) is 15.3. The third-order valence-corrected chi connectivity index (χ3v) is 4.99. The number of hydrogen-bond acceptors (Lipinski definition) is 6. The van der Waals surface area contributed by atoms with E-state index in [4.69, 9.17) is 15.1 Å². The van der Waals surface area contributed by atoms with Gasteiger partial charge in [-0.25, -0.2) is 9.97 Å². The highest BCUT2D eigenvalue weighted by Crippen LogP contribution is 2.32. The van der Waals surface area contributed by atoms with E-state index in [-0.39, 0.29) is 0 Å². The second kappa shape index (κ2) is 6.45. The molecule has 3 heterocycles. The first-order valence-corrected chi connectivity index (χ1v) is 9.03. The predicted octanol–water partition coefficient (Wildman–Crippen LogP) is 3.86. The molecule has 1 aliphatic carbocycles. The summed E-state index contributed by atoms with van der Waals surface area (Å²) in [5.74, 6) is 1.40. The first-order chi connectivity index (χ1) is 13.7. The van der Waals surface area contributed by atoms with E-state index in [1.165, 1.54) is 5.56 Å². The molecule has 0 spiro atoms. The van der Waals surface area contributed by atoms with Gasteiger partial charge in [0.05, 0.1) is 13.3 Å². The Hall–Kier alpha value is -3.74. The monoisotopic (exact) mass is 370 g/mol. The number of anilines is 2. The van der Waals surface area contributed by atoms with Gasteiger partial charge in [0.25, 0.3) is 0 Å². The smallest absolute Gasteiger partial charge is 0.212 e. The average molecular weight is 370 g/mol. The lowest BCUT2D eigenvalue weighted by Gasteiger charge is -2.10. The Kier molecular flexibility index (Phi) is 3.79. The maximum Gasteiger partial charge on any atom is 0.212 e. The van der Waals surface area contributed by atoms with Crippen molar-refractivity contribution in [1.29, 1.82) is 5.41 Å². The fourth-order valence-electron chi connectivity index (χ4n) is 3.57. The molecular formula is C21H18N6O. The van der Waals surface area contributed by atoms with E-state index >= 15 is 0 Å². The van der Waals surface area contributed by atoms with Crippen LogP contribution in [-0.4, -0.2) is 32.2 Å². The first kappa shape index (κ1) is 16.4. The summed E-state index contributed by atoms with van der Waals surface area (Å²) in [5, 5.41) is 11.5. The Morgan fingerprint density at radius 1 is 1.14 bits per heavy atom. The SMILES string of the molecule is COc1ccc(-c2nc3cnccn3c2Nc2ccc3c(c2)CCC3=N)cn1. The van der Waals surface area contributed by atoms with Crippen molar-refractivity contribution in [3.05, 3.63) is 66.2 Å². The molecule has 2 N–H and O–H groups in total. The minimum atomic E-state index is 0.560. The van der Waals surface area contributed by atoms with Gasteiger partial charge in [0, 0.05) is 41.6 Å². The van der Waals surface area contributed by atoms with Gasteiger partial charge in [-0.15, -0.1) is 0 Å². The molecule has 0 atom stereocenters. The summed E-state index contributed by atoms with van der Waals surface area (Å²) in [6.45, 7) is 0. The highest BCUT2D eigenvalue weighted by atomic mass is 16.5. The van der Waals surface area contributed by atoms with E-state index in [2.05, 4.69) is 21.4 Å². The van der Waals surface area contributed by atoms with Crippen molar-refractivity contribution in [2.45, 2.75) is 12.8 Å². The zero-order chi connectivity index (χ0) is 19.1. The maximum absolute atomic E-state index is 8.03. The van der Waals surface area contributed by atoms with Crippen LogP contribution < -0.4 is 10.1 Å². The third kappa shape index (κ3) is 2.68. The number of aromatic nitrogens is 4. The summed E-state index contributed by atoms with van der Waals surface area (Å²) in [6, 6.07) is 9.91. The number of pyridine rings is 1. The normalized spacial score (nSPS) is 13.0. The van der Waals surface area contributed by atoms with Crippen LogP contribution in [0.3, 0.4) is 0 Å². The van der Waals surface area contributed by atoms with Crippen molar-refractivity contribution < 1.29 is 4.74 Å². The van der Waals surface area contributed by atoms with Crippen molar-refractivity contribution in [2.75, 3.05) is 12.4 Å². The van der Waals surface area contributed by atoms with Crippen LogP contribution in [0.4, 0.5) is 11.5 Å². The Balaban J connectivity index is 1.60. The van der Waals surface area contributed by atoms with Gasteiger partial charge < -0.3 is 15.5 Å². The van der Waals surface area contributed by atoms with Gasteiger partial charge in [0.15, 0.2) is 5.65 Å². The van der Waals surface area contributed by atoms with E-state index in [0.29, 0.717) is 11.6 Å². The van der Waals surface area contributed by atoms with Crippen LogP contribution in [0.1, 0.15) is 17.5 Å². The second-order valence-electron chi connectivity index (χ2n) is 6.68. The molecule has 138 valence electrons. The molecule has 7 heteroatoms. The van der Waals surface area contributed by atoms with Crippen LogP contribution in [0, 0.1) is 5.41 Å². The minimum Gasteiger partial charge on any atom is -0.481 e. The number of rotatable bonds is 4.